The maximum Gasteiger partial charge on any atom is 0.0410 e. The van der Waals surface area contributed by atoms with Crippen LogP contribution in [-0.4, -0.2) is 17.6 Å². The Morgan fingerprint density at radius 3 is 2.93 bits per heavy atom. The standard InChI is InChI=1S/C12H17BrN2/c1-2-15-12(10-3-4-10)6-9-5-11(13)8-14-7-9/h5,7-8,10,12,15H,2-4,6H2,1H3. The molecule has 0 radical (unpaired) electrons. The molecule has 1 saturated carbocycles. The van der Waals surface area contributed by atoms with E-state index in [0.717, 1.165) is 23.4 Å². The van der Waals surface area contributed by atoms with E-state index in [1.54, 1.807) is 0 Å². The molecule has 0 saturated heterocycles. The van der Waals surface area contributed by atoms with Crippen molar-refractivity contribution < 1.29 is 0 Å². The van der Waals surface area contributed by atoms with Gasteiger partial charge in [0.1, 0.15) is 0 Å². The van der Waals surface area contributed by atoms with E-state index in [2.05, 4.69) is 39.2 Å². The SMILES string of the molecule is CCNC(Cc1cncc(Br)c1)C1CC1. The molecule has 3 heteroatoms. The first-order chi connectivity index (χ1) is 7.29. The summed E-state index contributed by atoms with van der Waals surface area (Å²) in [5.74, 6) is 0.893. The number of pyridine rings is 1. The highest BCUT2D eigenvalue weighted by Crippen LogP contribution is 2.34. The van der Waals surface area contributed by atoms with Gasteiger partial charge in [-0.1, -0.05) is 6.92 Å². The van der Waals surface area contributed by atoms with Gasteiger partial charge in [-0.3, -0.25) is 4.98 Å². The van der Waals surface area contributed by atoms with Gasteiger partial charge in [0, 0.05) is 22.9 Å². The number of nitrogens with zero attached hydrogens (tertiary/aromatic N) is 1. The van der Waals surface area contributed by atoms with Crippen LogP contribution in [0, 0.1) is 5.92 Å². The Labute approximate surface area is 99.6 Å². The van der Waals surface area contributed by atoms with Crippen molar-refractivity contribution in [3.05, 3.63) is 28.5 Å². The van der Waals surface area contributed by atoms with Crippen molar-refractivity contribution in [3.63, 3.8) is 0 Å². The lowest BCUT2D eigenvalue weighted by atomic mass is 10.0. The number of nitrogens with one attached hydrogen (secondary N) is 1. The van der Waals surface area contributed by atoms with Gasteiger partial charge in [0.05, 0.1) is 0 Å². The fraction of sp³-hybridized carbons (Fsp3) is 0.583. The molecule has 0 spiro atoms. The van der Waals surface area contributed by atoms with Crippen LogP contribution < -0.4 is 5.32 Å². The number of halogens is 1. The third kappa shape index (κ3) is 3.28. The molecule has 1 heterocycles. The summed E-state index contributed by atoms with van der Waals surface area (Å²) < 4.78 is 1.08. The zero-order valence-electron chi connectivity index (χ0n) is 9.04. The number of likely N-dealkylation sites (N-methyl/N-ethyl adjacent to an activating group) is 1. The second-order valence-electron chi connectivity index (χ2n) is 4.22. The summed E-state index contributed by atoms with van der Waals surface area (Å²) in [4.78, 5) is 4.20. The lowest BCUT2D eigenvalue weighted by Gasteiger charge is -2.16. The number of hydrogen-bond acceptors (Lipinski definition) is 2. The summed E-state index contributed by atoms with van der Waals surface area (Å²) in [5.41, 5.74) is 1.32. The van der Waals surface area contributed by atoms with Crippen molar-refractivity contribution in [2.45, 2.75) is 32.2 Å². The van der Waals surface area contributed by atoms with Crippen molar-refractivity contribution in [3.8, 4) is 0 Å². The molecule has 1 aromatic heterocycles. The summed E-state index contributed by atoms with van der Waals surface area (Å²) in [6.45, 7) is 3.23. The Balaban J connectivity index is 1.98. The minimum absolute atomic E-state index is 0.645. The molecule has 1 aliphatic rings. The van der Waals surface area contributed by atoms with Gasteiger partial charge in [-0.05, 0) is 59.3 Å². The average molecular weight is 269 g/mol. The van der Waals surface area contributed by atoms with E-state index in [1.807, 2.05) is 12.4 Å². The topological polar surface area (TPSA) is 24.9 Å². The summed E-state index contributed by atoms with van der Waals surface area (Å²) in [6.07, 6.45) is 7.68. The summed E-state index contributed by atoms with van der Waals surface area (Å²) in [6, 6.07) is 2.81. The van der Waals surface area contributed by atoms with Gasteiger partial charge in [-0.2, -0.15) is 0 Å². The first kappa shape index (κ1) is 11.1. The van der Waals surface area contributed by atoms with Gasteiger partial charge >= 0.3 is 0 Å². The molecule has 1 N–H and O–H groups in total. The van der Waals surface area contributed by atoms with Gasteiger partial charge in [0.25, 0.3) is 0 Å². The summed E-state index contributed by atoms with van der Waals surface area (Å²) >= 11 is 3.46. The maximum atomic E-state index is 4.20. The number of hydrogen-bond donors (Lipinski definition) is 1. The molecule has 1 fully saturated rings. The smallest absolute Gasteiger partial charge is 0.0410 e. The number of aromatic nitrogens is 1. The van der Waals surface area contributed by atoms with Crippen LogP contribution in [0.2, 0.25) is 0 Å². The number of rotatable bonds is 5. The normalized spacial score (nSPS) is 17.7. The first-order valence-corrected chi connectivity index (χ1v) is 6.41. The van der Waals surface area contributed by atoms with Gasteiger partial charge in [0.15, 0.2) is 0 Å². The lowest BCUT2D eigenvalue weighted by molar-refractivity contribution is 0.472. The van der Waals surface area contributed by atoms with Gasteiger partial charge < -0.3 is 5.32 Å². The largest absolute Gasteiger partial charge is 0.314 e. The third-order valence-electron chi connectivity index (χ3n) is 2.87. The van der Waals surface area contributed by atoms with Crippen molar-refractivity contribution >= 4 is 15.9 Å². The van der Waals surface area contributed by atoms with Crippen LogP contribution in [0.1, 0.15) is 25.3 Å². The van der Waals surface area contributed by atoms with Crippen LogP contribution in [0.5, 0.6) is 0 Å². The Hall–Kier alpha value is -0.410. The van der Waals surface area contributed by atoms with Crippen LogP contribution in [-0.2, 0) is 6.42 Å². The van der Waals surface area contributed by atoms with E-state index in [1.165, 1.54) is 18.4 Å². The molecule has 0 bridgehead atoms. The van der Waals surface area contributed by atoms with E-state index < -0.39 is 0 Å². The minimum atomic E-state index is 0.645. The highest BCUT2D eigenvalue weighted by atomic mass is 79.9. The summed E-state index contributed by atoms with van der Waals surface area (Å²) in [7, 11) is 0. The lowest BCUT2D eigenvalue weighted by Crippen LogP contribution is -2.32. The van der Waals surface area contributed by atoms with Crippen LogP contribution in [0.25, 0.3) is 0 Å². The van der Waals surface area contributed by atoms with E-state index in [4.69, 9.17) is 0 Å². The predicted molar refractivity (Wildman–Crippen MR) is 65.8 cm³/mol. The quantitative estimate of drug-likeness (QED) is 0.889. The molecule has 2 rings (SSSR count). The fourth-order valence-electron chi connectivity index (χ4n) is 1.99. The van der Waals surface area contributed by atoms with Crippen LogP contribution >= 0.6 is 15.9 Å². The van der Waals surface area contributed by atoms with Gasteiger partial charge in [-0.15, -0.1) is 0 Å². The Kier molecular flexibility index (Phi) is 3.76. The van der Waals surface area contributed by atoms with E-state index in [0.29, 0.717) is 6.04 Å². The molecule has 15 heavy (non-hydrogen) atoms. The highest BCUT2D eigenvalue weighted by Gasteiger charge is 2.30. The van der Waals surface area contributed by atoms with Crippen molar-refractivity contribution in [2.75, 3.05) is 6.54 Å². The molecule has 0 amide bonds. The van der Waals surface area contributed by atoms with E-state index >= 15 is 0 Å². The minimum Gasteiger partial charge on any atom is -0.314 e. The molecule has 1 aliphatic carbocycles. The second-order valence-corrected chi connectivity index (χ2v) is 5.13. The monoisotopic (exact) mass is 268 g/mol. The maximum absolute atomic E-state index is 4.20. The van der Waals surface area contributed by atoms with E-state index in [9.17, 15) is 0 Å². The Morgan fingerprint density at radius 1 is 1.53 bits per heavy atom. The first-order valence-electron chi connectivity index (χ1n) is 5.62. The van der Waals surface area contributed by atoms with Crippen molar-refractivity contribution in [1.29, 1.82) is 0 Å². The molecular formula is C12H17BrN2. The molecule has 0 aliphatic heterocycles. The van der Waals surface area contributed by atoms with Crippen molar-refractivity contribution in [2.24, 2.45) is 5.92 Å². The molecule has 2 nitrogen and oxygen atoms in total. The summed E-state index contributed by atoms with van der Waals surface area (Å²) in [5, 5.41) is 3.57. The van der Waals surface area contributed by atoms with Crippen LogP contribution in [0.3, 0.4) is 0 Å². The van der Waals surface area contributed by atoms with Crippen LogP contribution in [0.15, 0.2) is 22.9 Å². The van der Waals surface area contributed by atoms with Gasteiger partial charge in [0.2, 0.25) is 0 Å². The third-order valence-corrected chi connectivity index (χ3v) is 3.31. The average Bonchev–Trinajstić information content (AvgIpc) is 3.00. The molecule has 0 aromatic carbocycles. The molecular weight excluding hydrogens is 252 g/mol. The Bertz CT molecular complexity index is 323. The predicted octanol–water partition coefficient (Wildman–Crippen LogP) is 2.77. The molecule has 1 unspecified atom stereocenters. The molecule has 1 atom stereocenters. The van der Waals surface area contributed by atoms with E-state index in [-0.39, 0.29) is 0 Å². The highest BCUT2D eigenvalue weighted by molar-refractivity contribution is 9.10. The van der Waals surface area contributed by atoms with Crippen molar-refractivity contribution in [1.82, 2.24) is 10.3 Å². The fourth-order valence-corrected chi connectivity index (χ4v) is 2.40. The zero-order valence-corrected chi connectivity index (χ0v) is 10.6. The second kappa shape index (κ2) is 5.08. The zero-order chi connectivity index (χ0) is 10.7. The van der Waals surface area contributed by atoms with Gasteiger partial charge in [-0.25, -0.2) is 0 Å². The molecule has 1 aromatic rings. The van der Waals surface area contributed by atoms with Crippen LogP contribution in [0.4, 0.5) is 0 Å². The molecule has 82 valence electrons. The Morgan fingerprint density at radius 2 is 2.33 bits per heavy atom.